The molecule has 0 heterocycles. The van der Waals surface area contributed by atoms with Gasteiger partial charge >= 0.3 is 14.1 Å². The van der Waals surface area contributed by atoms with Crippen LogP contribution in [0.3, 0.4) is 0 Å². The van der Waals surface area contributed by atoms with E-state index in [9.17, 15) is 9.36 Å². The third kappa shape index (κ3) is 9.29. The maximum atomic E-state index is 12.0. The van der Waals surface area contributed by atoms with Crippen LogP contribution in [0.15, 0.2) is 46.7 Å². The second-order valence-corrected chi connectivity index (χ2v) is 8.30. The van der Waals surface area contributed by atoms with Crippen LogP contribution in [-0.2, 0) is 18.6 Å². The van der Waals surface area contributed by atoms with Crippen LogP contribution in [0.1, 0.15) is 52.0 Å². The number of hydrogen-bond acceptors (Lipinski definition) is 6. The van der Waals surface area contributed by atoms with E-state index < -0.39 is 14.1 Å². The predicted molar refractivity (Wildman–Crippen MR) is 116 cm³/mol. The van der Waals surface area contributed by atoms with Gasteiger partial charge in [0.25, 0.3) is 0 Å². The molecule has 1 aromatic rings. The van der Waals surface area contributed by atoms with Gasteiger partial charge in [0.2, 0.25) is 0 Å². The van der Waals surface area contributed by atoms with Gasteiger partial charge in [0.15, 0.2) is 5.76 Å². The minimum atomic E-state index is -2.26. The van der Waals surface area contributed by atoms with Crippen LogP contribution >= 0.6 is 19.9 Å². The molecule has 1 atom stereocenters. The highest BCUT2D eigenvalue weighted by Gasteiger charge is 2.21. The summed E-state index contributed by atoms with van der Waals surface area (Å²) in [6.07, 6.45) is 6.15. The summed E-state index contributed by atoms with van der Waals surface area (Å²) in [7, 11) is -0.997. The van der Waals surface area contributed by atoms with E-state index in [4.69, 9.17) is 10.3 Å². The van der Waals surface area contributed by atoms with Crippen LogP contribution in [-0.4, -0.2) is 18.8 Å². The average Bonchev–Trinajstić information content (AvgIpc) is 2.67. The molecule has 0 radical (unpaired) electrons. The molecule has 0 aliphatic carbocycles. The fourth-order valence-electron chi connectivity index (χ4n) is 2.27. The summed E-state index contributed by atoms with van der Waals surface area (Å²) in [5, 5.41) is 2.71. The predicted octanol–water partition coefficient (Wildman–Crippen LogP) is 5.35. The van der Waals surface area contributed by atoms with Gasteiger partial charge in [-0.05, 0) is 43.7 Å². The number of rotatable bonds is 12. The van der Waals surface area contributed by atoms with Crippen LogP contribution in [0, 0.1) is 0 Å². The van der Waals surface area contributed by atoms with Crippen LogP contribution in [0.2, 0.25) is 0 Å². The molecule has 154 valence electrons. The summed E-state index contributed by atoms with van der Waals surface area (Å²) >= 11 is 1.84. The highest BCUT2D eigenvalue weighted by Crippen LogP contribution is 2.26. The highest BCUT2D eigenvalue weighted by molar-refractivity contribution is 7.99. The van der Waals surface area contributed by atoms with Gasteiger partial charge in [0, 0.05) is 9.46 Å². The number of allylic oxidation sites excluding steroid dienone is 2. The zero-order chi connectivity index (χ0) is 20.9. The van der Waals surface area contributed by atoms with Crippen molar-refractivity contribution >= 4 is 31.6 Å². The Morgan fingerprint density at radius 2 is 1.89 bits per heavy atom. The monoisotopic (exact) mass is 425 g/mol. The number of nitrogens with one attached hydrogen (secondary N) is 1. The lowest BCUT2D eigenvalue weighted by Gasteiger charge is -2.07. The summed E-state index contributed by atoms with van der Waals surface area (Å²) < 4.78 is 21.7. The van der Waals surface area contributed by atoms with Crippen molar-refractivity contribution in [3.05, 3.63) is 47.4 Å². The van der Waals surface area contributed by atoms with Crippen molar-refractivity contribution in [2.24, 2.45) is 5.73 Å². The number of carbonyl (C=O) groups is 1. The number of methoxy groups -OCH3 is 1. The van der Waals surface area contributed by atoms with Crippen molar-refractivity contribution in [2.45, 2.75) is 51.3 Å². The zero-order valence-electron chi connectivity index (χ0n) is 17.0. The Balaban J connectivity index is 2.61. The second kappa shape index (κ2) is 13.2. The number of esters is 1. The van der Waals surface area contributed by atoms with E-state index in [1.54, 1.807) is 6.92 Å². The first kappa shape index (κ1) is 24.1. The number of unbranched alkanes of at least 4 members (excludes halogenated alkanes) is 3. The number of carbonyl (C=O) groups excluding carboxylic acids is 1. The molecule has 8 heteroatoms. The molecule has 0 fully saturated rings. The Bertz CT molecular complexity index is 717. The second-order valence-electron chi connectivity index (χ2n) is 6.21. The minimum Gasteiger partial charge on any atom is -0.466 e. The third-order valence-electron chi connectivity index (χ3n) is 3.84. The van der Waals surface area contributed by atoms with E-state index in [0.29, 0.717) is 11.4 Å². The van der Waals surface area contributed by atoms with E-state index in [1.165, 1.54) is 44.6 Å². The summed E-state index contributed by atoms with van der Waals surface area (Å²) in [5.41, 5.74) is 8.02. The molecule has 0 saturated heterocycles. The number of thioether (sulfide) groups is 1. The standard InChI is InChI=1S/C20H30N2O4PS/c1-5-6-7-8-13-28-18-11-9-17(10-12-18)20(21)16(3)22-27(24)26-15(2)14-19(23)25-4/h9-12,14H,5-8,13,21H2,1-4H3,(H,22,24)/q+1/b15-14+,20-16+. The number of ether oxygens (including phenoxy) is 1. The van der Waals surface area contributed by atoms with Crippen molar-refractivity contribution < 1.29 is 18.6 Å². The van der Waals surface area contributed by atoms with E-state index in [1.807, 2.05) is 36.0 Å². The Hall–Kier alpha value is -1.98. The van der Waals surface area contributed by atoms with Gasteiger partial charge in [-0.25, -0.2) is 9.32 Å². The van der Waals surface area contributed by atoms with Crippen molar-refractivity contribution in [1.82, 2.24) is 5.09 Å². The lowest BCUT2D eigenvalue weighted by molar-refractivity contribution is -0.135. The molecule has 0 bridgehead atoms. The Morgan fingerprint density at radius 3 is 2.50 bits per heavy atom. The van der Waals surface area contributed by atoms with Crippen LogP contribution < -0.4 is 10.8 Å². The summed E-state index contributed by atoms with van der Waals surface area (Å²) in [6.45, 7) is 5.46. The number of hydrogen-bond donors (Lipinski definition) is 2. The molecule has 1 rings (SSSR count). The average molecular weight is 426 g/mol. The fourth-order valence-corrected chi connectivity index (χ4v) is 3.94. The first-order chi connectivity index (χ1) is 13.4. The third-order valence-corrected chi connectivity index (χ3v) is 5.91. The molecule has 0 spiro atoms. The van der Waals surface area contributed by atoms with Crippen molar-refractivity contribution in [2.75, 3.05) is 12.9 Å². The summed E-state index contributed by atoms with van der Waals surface area (Å²) in [6, 6.07) is 7.98. The topological polar surface area (TPSA) is 90.6 Å². The van der Waals surface area contributed by atoms with E-state index in [-0.39, 0.29) is 5.76 Å². The molecule has 0 aromatic heterocycles. The van der Waals surface area contributed by atoms with E-state index >= 15 is 0 Å². The van der Waals surface area contributed by atoms with Gasteiger partial charge in [-0.15, -0.1) is 16.8 Å². The van der Waals surface area contributed by atoms with Crippen molar-refractivity contribution in [3.8, 4) is 0 Å². The normalized spacial score (nSPS) is 12.9. The van der Waals surface area contributed by atoms with Gasteiger partial charge in [-0.2, -0.15) is 0 Å². The van der Waals surface area contributed by atoms with Gasteiger partial charge in [0.1, 0.15) is 0 Å². The molecular weight excluding hydrogens is 395 g/mol. The SMILES string of the molecule is CCCCCCSc1ccc(/C(N)=C(/C)N[P+](=O)O/C(C)=C/C(=O)OC)cc1. The van der Waals surface area contributed by atoms with Crippen LogP contribution in [0.4, 0.5) is 0 Å². The Morgan fingerprint density at radius 1 is 1.21 bits per heavy atom. The van der Waals surface area contributed by atoms with Crippen LogP contribution in [0.25, 0.3) is 5.70 Å². The maximum absolute atomic E-state index is 12.0. The number of nitrogens with two attached hydrogens (primary N) is 1. The molecule has 0 saturated carbocycles. The minimum absolute atomic E-state index is 0.187. The molecular formula is C20H30N2O4PS+. The van der Waals surface area contributed by atoms with Gasteiger partial charge in [-0.1, -0.05) is 38.3 Å². The molecule has 1 aromatic carbocycles. The molecule has 6 nitrogen and oxygen atoms in total. The molecule has 3 N–H and O–H groups in total. The van der Waals surface area contributed by atoms with Crippen LogP contribution in [0.5, 0.6) is 0 Å². The van der Waals surface area contributed by atoms with Crippen molar-refractivity contribution in [1.29, 1.82) is 0 Å². The lowest BCUT2D eigenvalue weighted by Crippen LogP contribution is -2.10. The van der Waals surface area contributed by atoms with E-state index in [0.717, 1.165) is 17.4 Å². The maximum Gasteiger partial charge on any atom is 0.693 e. The van der Waals surface area contributed by atoms with Gasteiger partial charge < -0.3 is 10.5 Å². The zero-order valence-corrected chi connectivity index (χ0v) is 18.7. The number of benzene rings is 1. The first-order valence-corrected chi connectivity index (χ1v) is 11.4. The Kier molecular flexibility index (Phi) is 11.4. The van der Waals surface area contributed by atoms with Gasteiger partial charge in [0.05, 0.1) is 24.6 Å². The fraction of sp³-hybridized carbons (Fsp3) is 0.450. The van der Waals surface area contributed by atoms with E-state index in [2.05, 4.69) is 16.7 Å². The van der Waals surface area contributed by atoms with Gasteiger partial charge in [-0.3, -0.25) is 0 Å². The summed E-state index contributed by atoms with van der Waals surface area (Å²) in [4.78, 5) is 12.3. The van der Waals surface area contributed by atoms with Crippen molar-refractivity contribution in [3.63, 3.8) is 0 Å². The Labute approximate surface area is 172 Å². The summed E-state index contributed by atoms with van der Waals surface area (Å²) in [5.74, 6) is 0.727. The molecule has 1 unspecified atom stereocenters. The highest BCUT2D eigenvalue weighted by atomic mass is 32.2. The largest absolute Gasteiger partial charge is 0.693 e. The lowest BCUT2D eigenvalue weighted by atomic mass is 10.1. The smallest absolute Gasteiger partial charge is 0.466 e. The molecule has 0 amide bonds. The quantitative estimate of drug-likeness (QED) is 0.117. The molecule has 0 aliphatic rings. The molecule has 28 heavy (non-hydrogen) atoms. The first-order valence-electron chi connectivity index (χ1n) is 9.25. The molecule has 0 aliphatic heterocycles.